The first kappa shape index (κ1) is 19.1. The van der Waals surface area contributed by atoms with E-state index in [1.807, 2.05) is 34.5 Å². The molecule has 0 aliphatic carbocycles. The van der Waals surface area contributed by atoms with Crippen LogP contribution in [0.15, 0.2) is 24.5 Å². The lowest BCUT2D eigenvalue weighted by molar-refractivity contribution is -0.239. The van der Waals surface area contributed by atoms with Gasteiger partial charge in [0.15, 0.2) is 0 Å². The Morgan fingerprint density at radius 2 is 1.62 bits per heavy atom. The lowest BCUT2D eigenvalue weighted by atomic mass is 10.2. The Balaban J connectivity index is 1.40. The van der Waals surface area contributed by atoms with Crippen LogP contribution < -0.4 is 4.90 Å². The maximum atomic E-state index is 12.6. The normalized spacial score (nSPS) is 20.4. The summed E-state index contributed by atoms with van der Waals surface area (Å²) >= 11 is 0. The molecule has 1 aromatic heterocycles. The number of rotatable bonds is 4. The number of hydrogen-bond acceptors (Lipinski definition) is 6. The minimum atomic E-state index is -0.180. The quantitative estimate of drug-likeness (QED) is 0.800. The molecule has 7 nitrogen and oxygen atoms in total. The maximum absolute atomic E-state index is 12.6. The number of carbonyl (C=O) groups is 1. The maximum Gasteiger partial charge on any atom is 0.236 e. The molecular weight excluding hydrogens is 330 g/mol. The molecule has 1 aromatic rings. The number of carbonyl (C=O) groups excluding carboxylic acids is 1. The predicted octanol–water partition coefficient (Wildman–Crippen LogP) is 1.08. The smallest absolute Gasteiger partial charge is 0.236 e. The fourth-order valence-electron chi connectivity index (χ4n) is 3.43. The molecule has 0 aromatic carbocycles. The van der Waals surface area contributed by atoms with Crippen LogP contribution in [-0.4, -0.2) is 90.3 Å². The van der Waals surface area contributed by atoms with E-state index in [-0.39, 0.29) is 11.5 Å². The molecule has 0 N–H and O–H groups in total. The summed E-state index contributed by atoms with van der Waals surface area (Å²) in [6.07, 6.45) is 3.66. The number of anilines is 1. The highest BCUT2D eigenvalue weighted by atomic mass is 16.7. The van der Waals surface area contributed by atoms with Gasteiger partial charge >= 0.3 is 0 Å². The van der Waals surface area contributed by atoms with Crippen LogP contribution >= 0.6 is 0 Å². The molecule has 2 aliphatic heterocycles. The van der Waals surface area contributed by atoms with Crippen molar-refractivity contribution in [2.45, 2.75) is 26.4 Å². The van der Waals surface area contributed by atoms with Crippen LogP contribution in [0.4, 0.5) is 5.69 Å². The molecule has 3 rings (SSSR count). The summed E-state index contributed by atoms with van der Waals surface area (Å²) in [5.74, 6) is 0.234. The fourth-order valence-corrected chi connectivity index (χ4v) is 3.43. The predicted molar refractivity (Wildman–Crippen MR) is 102 cm³/mol. The molecule has 0 saturated carbocycles. The molecule has 0 bridgehead atoms. The van der Waals surface area contributed by atoms with E-state index >= 15 is 0 Å². The number of amides is 1. The fraction of sp³-hybridized carbons (Fsp3) is 0.684. The second-order valence-corrected chi connectivity index (χ2v) is 7.98. The van der Waals surface area contributed by atoms with Gasteiger partial charge in [-0.1, -0.05) is 0 Å². The second kappa shape index (κ2) is 8.33. The molecule has 1 amide bonds. The molecule has 0 atom stereocenters. The average Bonchev–Trinajstić information content (AvgIpc) is 2.62. The Hall–Kier alpha value is -1.70. The number of piperazine rings is 2. The van der Waals surface area contributed by atoms with Crippen molar-refractivity contribution in [1.82, 2.24) is 19.8 Å². The van der Waals surface area contributed by atoms with Gasteiger partial charge in [0.2, 0.25) is 5.91 Å². The largest absolute Gasteiger partial charge is 0.369 e. The third-order valence-corrected chi connectivity index (χ3v) is 4.75. The Morgan fingerprint density at radius 1 is 1.00 bits per heavy atom. The van der Waals surface area contributed by atoms with E-state index in [2.05, 4.69) is 35.6 Å². The highest BCUT2D eigenvalue weighted by Crippen LogP contribution is 2.15. The van der Waals surface area contributed by atoms with Gasteiger partial charge in [-0.15, -0.1) is 0 Å². The van der Waals surface area contributed by atoms with Crippen molar-refractivity contribution < 1.29 is 9.63 Å². The Morgan fingerprint density at radius 3 is 2.19 bits per heavy atom. The van der Waals surface area contributed by atoms with Crippen LogP contribution in [0.1, 0.15) is 20.8 Å². The van der Waals surface area contributed by atoms with Gasteiger partial charge in [0.05, 0.1) is 12.1 Å². The van der Waals surface area contributed by atoms with Crippen molar-refractivity contribution in [1.29, 1.82) is 0 Å². The molecule has 0 unspecified atom stereocenters. The molecular formula is C19H31N5O2. The van der Waals surface area contributed by atoms with E-state index in [0.29, 0.717) is 6.54 Å². The van der Waals surface area contributed by atoms with Crippen LogP contribution in [0.25, 0.3) is 0 Å². The van der Waals surface area contributed by atoms with Crippen LogP contribution in [0.3, 0.4) is 0 Å². The van der Waals surface area contributed by atoms with Crippen molar-refractivity contribution in [3.63, 3.8) is 0 Å². The Kier molecular flexibility index (Phi) is 6.11. The summed E-state index contributed by atoms with van der Waals surface area (Å²) in [5.41, 5.74) is 1.03. The SMILES string of the molecule is CC(C)(C)ON1CCN(C(=O)CN2CCN(c3ccncc3)CC2)CC1. The van der Waals surface area contributed by atoms with Gasteiger partial charge in [-0.05, 0) is 32.9 Å². The summed E-state index contributed by atoms with van der Waals surface area (Å²) in [4.78, 5) is 29.2. The standard InChI is InChI=1S/C19H31N5O2/c1-19(2,3)26-24-14-12-23(13-15-24)18(25)16-21-8-10-22(11-9-21)17-4-6-20-7-5-17/h4-7H,8-16H2,1-3H3. The van der Waals surface area contributed by atoms with E-state index in [9.17, 15) is 4.79 Å². The summed E-state index contributed by atoms with van der Waals surface area (Å²) in [7, 11) is 0. The molecule has 3 heterocycles. The molecule has 144 valence electrons. The van der Waals surface area contributed by atoms with Gasteiger partial charge in [-0.25, -0.2) is 0 Å². The van der Waals surface area contributed by atoms with Gasteiger partial charge < -0.3 is 9.80 Å². The van der Waals surface area contributed by atoms with Crippen LogP contribution in [-0.2, 0) is 9.63 Å². The monoisotopic (exact) mass is 361 g/mol. The molecule has 0 radical (unpaired) electrons. The summed E-state index contributed by atoms with van der Waals surface area (Å²) in [6.45, 7) is 13.4. The minimum absolute atomic E-state index is 0.180. The Bertz CT molecular complexity index is 573. The van der Waals surface area contributed by atoms with E-state index in [1.165, 1.54) is 5.69 Å². The second-order valence-electron chi connectivity index (χ2n) is 7.98. The lowest BCUT2D eigenvalue weighted by Gasteiger charge is -2.39. The van der Waals surface area contributed by atoms with Gasteiger partial charge in [-0.2, -0.15) is 5.06 Å². The molecule has 26 heavy (non-hydrogen) atoms. The zero-order valence-corrected chi connectivity index (χ0v) is 16.2. The first-order chi connectivity index (χ1) is 12.4. The zero-order chi connectivity index (χ0) is 18.6. The molecule has 0 spiro atoms. The highest BCUT2D eigenvalue weighted by molar-refractivity contribution is 5.78. The van der Waals surface area contributed by atoms with Gasteiger partial charge in [0.1, 0.15) is 0 Å². The van der Waals surface area contributed by atoms with Crippen LogP contribution in [0, 0.1) is 0 Å². The van der Waals surface area contributed by atoms with Crippen molar-refractivity contribution >= 4 is 11.6 Å². The summed E-state index contributed by atoms with van der Waals surface area (Å²) in [5, 5.41) is 1.98. The highest BCUT2D eigenvalue weighted by Gasteiger charge is 2.26. The minimum Gasteiger partial charge on any atom is -0.369 e. The number of nitrogens with zero attached hydrogens (tertiary/aromatic N) is 5. The number of pyridine rings is 1. The molecule has 2 saturated heterocycles. The van der Waals surface area contributed by atoms with Crippen LogP contribution in [0.5, 0.6) is 0 Å². The topological polar surface area (TPSA) is 52.2 Å². The lowest BCUT2D eigenvalue weighted by Crippen LogP contribution is -2.54. The van der Waals surface area contributed by atoms with Crippen molar-refractivity contribution in [3.05, 3.63) is 24.5 Å². The van der Waals surface area contributed by atoms with Crippen molar-refractivity contribution in [2.24, 2.45) is 0 Å². The average molecular weight is 361 g/mol. The summed E-state index contributed by atoms with van der Waals surface area (Å²) < 4.78 is 0. The first-order valence-corrected chi connectivity index (χ1v) is 9.50. The molecule has 2 aliphatic rings. The Labute approximate surface area is 156 Å². The van der Waals surface area contributed by atoms with E-state index in [1.54, 1.807) is 0 Å². The van der Waals surface area contributed by atoms with E-state index in [4.69, 9.17) is 4.84 Å². The third-order valence-electron chi connectivity index (χ3n) is 4.75. The van der Waals surface area contributed by atoms with Gasteiger partial charge in [0.25, 0.3) is 0 Å². The van der Waals surface area contributed by atoms with Crippen LogP contribution in [0.2, 0.25) is 0 Å². The van der Waals surface area contributed by atoms with Gasteiger partial charge in [0, 0.05) is 70.4 Å². The van der Waals surface area contributed by atoms with Crippen molar-refractivity contribution in [3.8, 4) is 0 Å². The van der Waals surface area contributed by atoms with Gasteiger partial charge in [-0.3, -0.25) is 19.5 Å². The van der Waals surface area contributed by atoms with E-state index < -0.39 is 0 Å². The van der Waals surface area contributed by atoms with E-state index in [0.717, 1.165) is 52.4 Å². The zero-order valence-electron chi connectivity index (χ0n) is 16.2. The first-order valence-electron chi connectivity index (χ1n) is 9.50. The number of aromatic nitrogens is 1. The number of hydroxylamine groups is 2. The molecule has 2 fully saturated rings. The van der Waals surface area contributed by atoms with Crippen molar-refractivity contribution in [2.75, 3.05) is 63.8 Å². The molecule has 7 heteroatoms. The third kappa shape index (κ3) is 5.40. The summed E-state index contributed by atoms with van der Waals surface area (Å²) in [6, 6.07) is 4.08. The number of hydrogen-bond donors (Lipinski definition) is 0.